The first-order valence-corrected chi connectivity index (χ1v) is 7.51. The highest BCUT2D eigenvalue weighted by Gasteiger charge is 2.18. The van der Waals surface area contributed by atoms with Crippen molar-refractivity contribution in [2.45, 2.75) is 12.5 Å². The van der Waals surface area contributed by atoms with E-state index in [1.807, 2.05) is 12.1 Å². The van der Waals surface area contributed by atoms with Gasteiger partial charge in [0, 0.05) is 30.1 Å². The van der Waals surface area contributed by atoms with Crippen LogP contribution in [0.2, 0.25) is 5.02 Å². The van der Waals surface area contributed by atoms with Crippen LogP contribution in [0.3, 0.4) is 0 Å². The molecule has 6 nitrogen and oxygen atoms in total. The number of ether oxygens (including phenoxy) is 1. The number of rotatable bonds is 4. The van der Waals surface area contributed by atoms with Crippen LogP contribution in [0, 0.1) is 0 Å². The molecule has 124 valence electrons. The van der Waals surface area contributed by atoms with Crippen LogP contribution >= 0.6 is 24.0 Å². The number of hydrogen-bond donors (Lipinski definition) is 2. The van der Waals surface area contributed by atoms with Crippen molar-refractivity contribution in [2.75, 3.05) is 25.1 Å². The highest BCUT2D eigenvalue weighted by molar-refractivity contribution is 6.30. The van der Waals surface area contributed by atoms with Crippen LogP contribution in [0.1, 0.15) is 6.42 Å². The normalized spacial score (nSPS) is 17.3. The van der Waals surface area contributed by atoms with E-state index in [2.05, 4.69) is 15.7 Å². The number of nitrogens with one attached hydrogen (secondary N) is 2. The second-order valence-electron chi connectivity index (χ2n) is 5.09. The fourth-order valence-corrected chi connectivity index (χ4v) is 2.56. The van der Waals surface area contributed by atoms with Gasteiger partial charge in [0.2, 0.25) is 5.91 Å². The Hall–Kier alpha value is -1.60. The molecule has 23 heavy (non-hydrogen) atoms. The van der Waals surface area contributed by atoms with Gasteiger partial charge in [-0.15, -0.1) is 12.4 Å². The Labute approximate surface area is 145 Å². The quantitative estimate of drug-likeness (QED) is 0.881. The summed E-state index contributed by atoms with van der Waals surface area (Å²) in [4.78, 5) is 12.2. The van der Waals surface area contributed by atoms with Crippen molar-refractivity contribution in [3.63, 3.8) is 0 Å². The van der Waals surface area contributed by atoms with E-state index in [0.717, 1.165) is 12.2 Å². The van der Waals surface area contributed by atoms with Gasteiger partial charge in [0.05, 0.1) is 25.1 Å². The second-order valence-corrected chi connectivity index (χ2v) is 5.52. The summed E-state index contributed by atoms with van der Waals surface area (Å²) in [6.07, 6.45) is 2.00. The molecule has 2 heterocycles. The lowest BCUT2D eigenvalue weighted by molar-refractivity contribution is -0.117. The predicted molar refractivity (Wildman–Crippen MR) is 91.7 cm³/mol. The lowest BCUT2D eigenvalue weighted by Crippen LogP contribution is -2.43. The second kappa shape index (κ2) is 8.31. The molecule has 0 bridgehead atoms. The maximum Gasteiger partial charge on any atom is 0.227 e. The Bertz CT molecular complexity index is 656. The smallest absolute Gasteiger partial charge is 0.227 e. The van der Waals surface area contributed by atoms with Crippen molar-refractivity contribution in [1.82, 2.24) is 15.1 Å². The lowest BCUT2D eigenvalue weighted by Gasteiger charge is -2.23. The molecule has 1 aromatic carbocycles. The minimum absolute atomic E-state index is 0. The van der Waals surface area contributed by atoms with Gasteiger partial charge >= 0.3 is 0 Å². The SMILES string of the molecule is Cl.O=C(CC1COCCN1)Nc1ccnn1-c1cccc(Cl)c1. The minimum Gasteiger partial charge on any atom is -0.378 e. The van der Waals surface area contributed by atoms with Crippen molar-refractivity contribution in [1.29, 1.82) is 0 Å². The molecule has 1 fully saturated rings. The van der Waals surface area contributed by atoms with Gasteiger partial charge in [0.25, 0.3) is 0 Å². The Morgan fingerprint density at radius 1 is 1.48 bits per heavy atom. The first-order chi connectivity index (χ1) is 10.7. The fraction of sp³-hybridized carbons (Fsp3) is 0.333. The lowest BCUT2D eigenvalue weighted by atomic mass is 10.2. The van der Waals surface area contributed by atoms with Gasteiger partial charge in [0.1, 0.15) is 5.82 Å². The third-order valence-corrected chi connectivity index (χ3v) is 3.63. The topological polar surface area (TPSA) is 68.2 Å². The van der Waals surface area contributed by atoms with Gasteiger partial charge < -0.3 is 15.4 Å². The number of hydrogen-bond acceptors (Lipinski definition) is 4. The molecule has 0 spiro atoms. The highest BCUT2D eigenvalue weighted by Crippen LogP contribution is 2.18. The van der Waals surface area contributed by atoms with Crippen LogP contribution in [0.15, 0.2) is 36.5 Å². The summed E-state index contributed by atoms with van der Waals surface area (Å²) in [6.45, 7) is 2.03. The monoisotopic (exact) mass is 356 g/mol. The minimum atomic E-state index is -0.0771. The van der Waals surface area contributed by atoms with E-state index in [1.165, 1.54) is 0 Å². The zero-order chi connectivity index (χ0) is 15.4. The van der Waals surface area contributed by atoms with Crippen LogP contribution in [0.4, 0.5) is 5.82 Å². The summed E-state index contributed by atoms with van der Waals surface area (Å²) in [5.41, 5.74) is 0.798. The van der Waals surface area contributed by atoms with Crippen molar-refractivity contribution < 1.29 is 9.53 Å². The molecule has 2 N–H and O–H groups in total. The molecule has 0 aliphatic carbocycles. The number of amides is 1. The number of nitrogens with zero attached hydrogens (tertiary/aromatic N) is 2. The van der Waals surface area contributed by atoms with Gasteiger partial charge in [-0.1, -0.05) is 17.7 Å². The van der Waals surface area contributed by atoms with Crippen LogP contribution < -0.4 is 10.6 Å². The molecule has 2 aromatic rings. The van der Waals surface area contributed by atoms with Gasteiger partial charge in [-0.05, 0) is 18.2 Å². The molecule has 1 atom stereocenters. The number of carbonyl (C=O) groups excluding carboxylic acids is 1. The number of carbonyl (C=O) groups is 1. The molecular weight excluding hydrogens is 339 g/mol. The molecule has 1 aliphatic heterocycles. The average molecular weight is 357 g/mol. The Balaban J connectivity index is 0.00000192. The molecular formula is C15H18Cl2N4O2. The zero-order valence-corrected chi connectivity index (χ0v) is 13.9. The van der Waals surface area contributed by atoms with Crippen molar-refractivity contribution in [3.8, 4) is 5.69 Å². The molecule has 1 aliphatic rings. The number of benzene rings is 1. The summed E-state index contributed by atoms with van der Waals surface area (Å²) >= 11 is 6.00. The van der Waals surface area contributed by atoms with E-state index in [4.69, 9.17) is 16.3 Å². The number of aromatic nitrogens is 2. The molecule has 3 rings (SSSR count). The van der Waals surface area contributed by atoms with Crippen LogP contribution in [0.5, 0.6) is 0 Å². The molecule has 1 amide bonds. The van der Waals surface area contributed by atoms with E-state index in [-0.39, 0.29) is 24.4 Å². The highest BCUT2D eigenvalue weighted by atomic mass is 35.5. The number of halogens is 2. The van der Waals surface area contributed by atoms with E-state index in [9.17, 15) is 4.79 Å². The van der Waals surface area contributed by atoms with Gasteiger partial charge in [-0.25, -0.2) is 4.68 Å². The maximum absolute atomic E-state index is 12.2. The number of anilines is 1. The summed E-state index contributed by atoms with van der Waals surface area (Å²) in [5.74, 6) is 0.538. The zero-order valence-electron chi connectivity index (χ0n) is 12.4. The van der Waals surface area contributed by atoms with E-state index in [1.54, 1.807) is 29.1 Å². The van der Waals surface area contributed by atoms with Gasteiger partial charge in [0.15, 0.2) is 0 Å². The molecule has 1 saturated heterocycles. The Morgan fingerprint density at radius 2 is 2.35 bits per heavy atom. The van der Waals surface area contributed by atoms with E-state index >= 15 is 0 Å². The summed E-state index contributed by atoms with van der Waals surface area (Å²) in [6, 6.07) is 9.11. The van der Waals surface area contributed by atoms with E-state index < -0.39 is 0 Å². The first-order valence-electron chi connectivity index (χ1n) is 7.13. The van der Waals surface area contributed by atoms with Crippen molar-refractivity contribution in [3.05, 3.63) is 41.6 Å². The van der Waals surface area contributed by atoms with E-state index in [0.29, 0.717) is 30.5 Å². The first kappa shape index (κ1) is 17.7. The third kappa shape index (κ3) is 4.68. The van der Waals surface area contributed by atoms with Crippen LogP contribution in [0.25, 0.3) is 5.69 Å². The van der Waals surface area contributed by atoms with Gasteiger partial charge in [-0.2, -0.15) is 5.10 Å². The van der Waals surface area contributed by atoms with Crippen molar-refractivity contribution in [2.24, 2.45) is 0 Å². The maximum atomic E-state index is 12.2. The summed E-state index contributed by atoms with van der Waals surface area (Å²) < 4.78 is 7.00. The largest absolute Gasteiger partial charge is 0.378 e. The molecule has 1 aromatic heterocycles. The Kier molecular flexibility index (Phi) is 6.41. The average Bonchev–Trinajstić information content (AvgIpc) is 2.96. The standard InChI is InChI=1S/C15H17ClN4O2.ClH/c16-11-2-1-3-13(8-11)20-14(4-5-18-20)19-15(21)9-12-10-22-7-6-17-12;/h1-5,8,12,17H,6-7,9-10H2,(H,19,21);1H. The van der Waals surface area contributed by atoms with Crippen LogP contribution in [-0.2, 0) is 9.53 Å². The molecule has 0 saturated carbocycles. The molecule has 8 heteroatoms. The van der Waals surface area contributed by atoms with Crippen molar-refractivity contribution >= 4 is 35.7 Å². The Morgan fingerprint density at radius 3 is 3.09 bits per heavy atom. The molecule has 1 unspecified atom stereocenters. The fourth-order valence-electron chi connectivity index (χ4n) is 2.38. The van der Waals surface area contributed by atoms with Gasteiger partial charge in [-0.3, -0.25) is 4.79 Å². The summed E-state index contributed by atoms with van der Waals surface area (Å²) in [7, 11) is 0. The third-order valence-electron chi connectivity index (χ3n) is 3.39. The molecule has 0 radical (unpaired) electrons. The van der Waals surface area contributed by atoms with Crippen LogP contribution in [-0.4, -0.2) is 41.5 Å². The number of morpholine rings is 1. The summed E-state index contributed by atoms with van der Waals surface area (Å²) in [5, 5.41) is 11.0. The predicted octanol–water partition coefficient (Wildman–Crippen LogP) is 2.26.